The molecule has 30 heavy (non-hydrogen) atoms. The third-order valence-corrected chi connectivity index (χ3v) is 6.33. The molecule has 2 aromatic rings. The van der Waals surface area contributed by atoms with Gasteiger partial charge in [-0.3, -0.25) is 9.59 Å². The lowest BCUT2D eigenvalue weighted by atomic mass is 10.2. The van der Waals surface area contributed by atoms with Crippen LogP contribution in [-0.4, -0.2) is 72.2 Å². The fraction of sp³-hybridized carbons (Fsp3) is 0.400. The highest BCUT2D eigenvalue weighted by molar-refractivity contribution is 8.00. The molecule has 0 saturated carbocycles. The highest BCUT2D eigenvalue weighted by Gasteiger charge is 2.17. The normalized spacial score (nSPS) is 14.5. The zero-order chi connectivity index (χ0) is 21.5. The van der Waals surface area contributed by atoms with Crippen LogP contribution in [0.25, 0.3) is 10.2 Å². The number of carbonyl (C=O) groups excluding carboxylic acids is 3. The number of amides is 2. The Morgan fingerprint density at radius 2 is 2.07 bits per heavy atom. The molecule has 8 nitrogen and oxygen atoms in total. The number of hydrogen-bond acceptors (Lipinski definition) is 7. The van der Waals surface area contributed by atoms with Gasteiger partial charge in [0.1, 0.15) is 0 Å². The van der Waals surface area contributed by atoms with Crippen molar-refractivity contribution < 1.29 is 23.9 Å². The van der Waals surface area contributed by atoms with Crippen LogP contribution in [0.2, 0.25) is 0 Å². The molecule has 10 heteroatoms. The number of morpholine rings is 1. The Balaban J connectivity index is 1.72. The van der Waals surface area contributed by atoms with Crippen molar-refractivity contribution in [2.75, 3.05) is 44.9 Å². The Labute approximate surface area is 181 Å². The molecule has 2 heterocycles. The number of methoxy groups -OCH3 is 1. The number of hydrogen-bond donors (Lipinski definition) is 0. The van der Waals surface area contributed by atoms with E-state index >= 15 is 0 Å². The molecule has 1 aromatic heterocycles. The predicted octanol–water partition coefficient (Wildman–Crippen LogP) is 1.14. The molecule has 1 fully saturated rings. The van der Waals surface area contributed by atoms with Gasteiger partial charge in [0.05, 0.1) is 54.2 Å². The van der Waals surface area contributed by atoms with Crippen molar-refractivity contribution in [1.82, 2.24) is 9.47 Å². The standard InChI is InChI=1S/C20H21N3O5S2/c1-3-6-23-15-5-4-14(19(26)27-2)11-16(15)30-20(23)21-17(24)12-29-13-18(25)22-7-9-28-10-8-22/h1,4-5,11H,6-10,12-13H2,2H3. The second kappa shape index (κ2) is 10.4. The maximum Gasteiger partial charge on any atom is 0.337 e. The molecule has 0 N–H and O–H groups in total. The van der Waals surface area contributed by atoms with E-state index in [-0.39, 0.29) is 29.9 Å². The summed E-state index contributed by atoms with van der Waals surface area (Å²) in [6.45, 7) is 2.50. The van der Waals surface area contributed by atoms with E-state index < -0.39 is 5.97 Å². The first kappa shape index (κ1) is 22.1. The van der Waals surface area contributed by atoms with Gasteiger partial charge in [0.25, 0.3) is 5.91 Å². The molecule has 1 aliphatic rings. The van der Waals surface area contributed by atoms with Gasteiger partial charge in [0.15, 0.2) is 4.80 Å². The average molecular weight is 448 g/mol. The minimum absolute atomic E-state index is 0.00398. The molecule has 1 aliphatic heterocycles. The zero-order valence-corrected chi connectivity index (χ0v) is 18.1. The second-order valence-corrected chi connectivity index (χ2v) is 8.34. The maximum atomic E-state index is 12.4. The van der Waals surface area contributed by atoms with Crippen LogP contribution in [-0.2, 0) is 25.6 Å². The molecule has 0 bridgehead atoms. The summed E-state index contributed by atoms with van der Waals surface area (Å²) in [5.74, 6) is 2.08. The van der Waals surface area contributed by atoms with Crippen molar-refractivity contribution in [3.63, 3.8) is 0 Å². The largest absolute Gasteiger partial charge is 0.465 e. The summed E-state index contributed by atoms with van der Waals surface area (Å²) < 4.78 is 12.5. The van der Waals surface area contributed by atoms with Crippen LogP contribution in [0.5, 0.6) is 0 Å². The van der Waals surface area contributed by atoms with Gasteiger partial charge in [-0.05, 0) is 18.2 Å². The lowest BCUT2D eigenvalue weighted by Gasteiger charge is -2.26. The molecule has 3 rings (SSSR count). The van der Waals surface area contributed by atoms with Crippen LogP contribution < -0.4 is 4.80 Å². The van der Waals surface area contributed by atoms with Crippen LogP contribution in [0.4, 0.5) is 0 Å². The molecular weight excluding hydrogens is 426 g/mol. The first-order chi connectivity index (χ1) is 14.5. The monoisotopic (exact) mass is 447 g/mol. The lowest BCUT2D eigenvalue weighted by Crippen LogP contribution is -2.41. The van der Waals surface area contributed by atoms with E-state index in [4.69, 9.17) is 15.9 Å². The number of thioether (sulfide) groups is 1. The molecular formula is C20H21N3O5S2. The van der Waals surface area contributed by atoms with Gasteiger partial charge in [0, 0.05) is 13.1 Å². The van der Waals surface area contributed by atoms with E-state index in [2.05, 4.69) is 10.9 Å². The number of carbonyl (C=O) groups is 3. The number of terminal acetylenes is 1. The average Bonchev–Trinajstić information content (AvgIpc) is 3.10. The molecule has 0 aliphatic carbocycles. The molecule has 158 valence electrons. The van der Waals surface area contributed by atoms with E-state index in [1.54, 1.807) is 27.7 Å². The number of nitrogens with zero attached hydrogens (tertiary/aromatic N) is 3. The Morgan fingerprint density at radius 1 is 1.30 bits per heavy atom. The minimum Gasteiger partial charge on any atom is -0.465 e. The van der Waals surface area contributed by atoms with Crippen molar-refractivity contribution in [1.29, 1.82) is 0 Å². The van der Waals surface area contributed by atoms with Crippen molar-refractivity contribution >= 4 is 51.1 Å². The minimum atomic E-state index is -0.440. The maximum absolute atomic E-state index is 12.4. The summed E-state index contributed by atoms with van der Waals surface area (Å²) in [4.78, 5) is 42.7. The van der Waals surface area contributed by atoms with Crippen molar-refractivity contribution in [3.05, 3.63) is 28.6 Å². The molecule has 0 unspecified atom stereocenters. The van der Waals surface area contributed by atoms with Crippen LogP contribution in [0.3, 0.4) is 0 Å². The Hall–Kier alpha value is -2.61. The van der Waals surface area contributed by atoms with Crippen molar-refractivity contribution in [2.45, 2.75) is 6.54 Å². The molecule has 0 atom stereocenters. The van der Waals surface area contributed by atoms with Crippen LogP contribution in [0.15, 0.2) is 23.2 Å². The fourth-order valence-electron chi connectivity index (χ4n) is 2.92. The van der Waals surface area contributed by atoms with E-state index in [0.717, 1.165) is 10.2 Å². The third-order valence-electron chi connectivity index (χ3n) is 4.39. The molecule has 2 amide bonds. The van der Waals surface area contributed by atoms with E-state index in [9.17, 15) is 14.4 Å². The predicted molar refractivity (Wildman–Crippen MR) is 115 cm³/mol. The smallest absolute Gasteiger partial charge is 0.337 e. The van der Waals surface area contributed by atoms with E-state index in [1.165, 1.54) is 30.2 Å². The van der Waals surface area contributed by atoms with Crippen molar-refractivity contribution in [3.8, 4) is 12.3 Å². The first-order valence-corrected chi connectivity index (χ1v) is 11.2. The van der Waals surface area contributed by atoms with Gasteiger partial charge in [-0.15, -0.1) is 18.2 Å². The first-order valence-electron chi connectivity index (χ1n) is 9.19. The summed E-state index contributed by atoms with van der Waals surface area (Å²) in [7, 11) is 1.32. The number of esters is 1. The number of ether oxygens (including phenoxy) is 2. The van der Waals surface area contributed by atoms with Gasteiger partial charge in [0.2, 0.25) is 5.91 Å². The molecule has 0 radical (unpaired) electrons. The van der Waals surface area contributed by atoms with Gasteiger partial charge in [-0.1, -0.05) is 17.3 Å². The summed E-state index contributed by atoms with van der Waals surface area (Å²) in [5.41, 5.74) is 1.20. The number of benzene rings is 1. The summed E-state index contributed by atoms with van der Waals surface area (Å²) in [6.07, 6.45) is 5.47. The summed E-state index contributed by atoms with van der Waals surface area (Å²) >= 11 is 2.51. The third kappa shape index (κ3) is 5.30. The van der Waals surface area contributed by atoms with Crippen LogP contribution in [0.1, 0.15) is 10.4 Å². The van der Waals surface area contributed by atoms with Crippen molar-refractivity contribution in [2.24, 2.45) is 4.99 Å². The Bertz CT molecular complexity index is 1060. The van der Waals surface area contributed by atoms with E-state index in [1.807, 2.05) is 0 Å². The zero-order valence-electron chi connectivity index (χ0n) is 16.5. The highest BCUT2D eigenvalue weighted by atomic mass is 32.2. The van der Waals surface area contributed by atoms with Crippen LogP contribution in [0, 0.1) is 12.3 Å². The van der Waals surface area contributed by atoms with Gasteiger partial charge in [-0.25, -0.2) is 4.79 Å². The number of rotatable bonds is 6. The van der Waals surface area contributed by atoms with Gasteiger partial charge < -0.3 is 18.9 Å². The molecule has 0 spiro atoms. The summed E-state index contributed by atoms with van der Waals surface area (Å²) in [6, 6.07) is 5.10. The quantitative estimate of drug-likeness (QED) is 0.487. The SMILES string of the molecule is C#CCn1c(=NC(=O)CSCC(=O)N2CCOCC2)sc2cc(C(=O)OC)ccc21. The molecule has 1 aromatic carbocycles. The Morgan fingerprint density at radius 3 is 2.77 bits per heavy atom. The highest BCUT2D eigenvalue weighted by Crippen LogP contribution is 2.20. The second-order valence-electron chi connectivity index (χ2n) is 6.34. The van der Waals surface area contributed by atoms with Gasteiger partial charge in [-0.2, -0.15) is 4.99 Å². The summed E-state index contributed by atoms with van der Waals surface area (Å²) in [5, 5.41) is 0. The topological polar surface area (TPSA) is 90.2 Å². The molecule has 1 saturated heterocycles. The number of fused-ring (bicyclic) bond motifs is 1. The Kier molecular flexibility index (Phi) is 7.68. The fourth-order valence-corrected chi connectivity index (χ4v) is 4.70. The number of aromatic nitrogens is 1. The lowest BCUT2D eigenvalue weighted by molar-refractivity contribution is -0.132. The van der Waals surface area contributed by atoms with E-state index in [0.29, 0.717) is 36.7 Å². The van der Waals surface area contributed by atoms with Gasteiger partial charge >= 0.3 is 5.97 Å². The van der Waals surface area contributed by atoms with Crippen LogP contribution >= 0.6 is 23.1 Å². The number of thiazole rings is 1.